The van der Waals surface area contributed by atoms with Gasteiger partial charge >= 0.3 is 24.1 Å². The summed E-state index contributed by atoms with van der Waals surface area (Å²) in [6.45, 7) is 1.57. The number of nitrogens with one attached hydrogen (secondary N) is 1. The van der Waals surface area contributed by atoms with Gasteiger partial charge in [-0.2, -0.15) is 13.2 Å². The molecule has 3 N–H and O–H groups in total. The predicted octanol–water partition coefficient (Wildman–Crippen LogP) is 4.38. The number of aromatic nitrogens is 2. The number of halogens is 4. The van der Waals surface area contributed by atoms with Gasteiger partial charge in [0, 0.05) is 11.6 Å². The lowest BCUT2D eigenvalue weighted by Crippen LogP contribution is -2.28. The van der Waals surface area contributed by atoms with Crippen LogP contribution in [0, 0.1) is 5.82 Å². The summed E-state index contributed by atoms with van der Waals surface area (Å²) >= 11 is 0. The summed E-state index contributed by atoms with van der Waals surface area (Å²) < 4.78 is 55.0. The molecule has 3 rings (SSSR count). The first-order valence-electron chi connectivity index (χ1n) is 10.1. The zero-order valence-electron chi connectivity index (χ0n) is 19.1. The molecule has 14 heteroatoms. The molecule has 1 aromatic heterocycles. The average molecular weight is 525 g/mol. The van der Waals surface area contributed by atoms with E-state index in [9.17, 15) is 32.3 Å². The molecule has 0 aliphatic carbocycles. The highest BCUT2D eigenvalue weighted by atomic mass is 19.4. The number of carboxylic acid groups (broad SMARTS) is 2. The first-order valence-corrected chi connectivity index (χ1v) is 10.1. The van der Waals surface area contributed by atoms with Crippen molar-refractivity contribution in [1.82, 2.24) is 9.97 Å². The Balaban J connectivity index is 0.000000604. The Bertz CT molecular complexity index is 1250. The normalized spacial score (nSPS) is 11.4. The average Bonchev–Trinajstić information content (AvgIpc) is 2.85. The molecule has 196 valence electrons. The summed E-state index contributed by atoms with van der Waals surface area (Å²) in [6, 6.07) is 12.7. The van der Waals surface area contributed by atoms with E-state index in [1.165, 1.54) is 37.4 Å². The van der Waals surface area contributed by atoms with E-state index in [2.05, 4.69) is 20.0 Å². The van der Waals surface area contributed by atoms with Crippen molar-refractivity contribution in [2.45, 2.75) is 19.1 Å². The topological polar surface area (TPSA) is 148 Å². The van der Waals surface area contributed by atoms with Crippen LogP contribution in [0.1, 0.15) is 17.4 Å². The molecule has 1 unspecified atom stereocenters. The Morgan fingerprint density at radius 2 is 1.46 bits per heavy atom. The maximum absolute atomic E-state index is 13.0. The van der Waals surface area contributed by atoms with Crippen LogP contribution in [-0.2, 0) is 14.3 Å². The van der Waals surface area contributed by atoms with Gasteiger partial charge in [-0.3, -0.25) is 0 Å². The summed E-state index contributed by atoms with van der Waals surface area (Å²) in [5, 5.41) is 19.3. The van der Waals surface area contributed by atoms with Crippen LogP contribution >= 0.6 is 0 Å². The second-order valence-electron chi connectivity index (χ2n) is 7.04. The van der Waals surface area contributed by atoms with Crippen molar-refractivity contribution < 1.29 is 51.6 Å². The Labute approximate surface area is 206 Å². The lowest BCUT2D eigenvalue weighted by Gasteiger charge is -2.13. The van der Waals surface area contributed by atoms with Gasteiger partial charge in [0.2, 0.25) is 0 Å². The minimum Gasteiger partial charge on any atom is -0.477 e. The summed E-state index contributed by atoms with van der Waals surface area (Å²) in [5.41, 5.74) is 0.310. The first-order chi connectivity index (χ1) is 17.3. The monoisotopic (exact) mass is 525 g/mol. The van der Waals surface area contributed by atoms with Crippen LogP contribution in [0.4, 0.5) is 23.4 Å². The SMILES string of the molecule is COC(=O)C(C)Nc1cc(C(=O)O)nc(-c2ccc(Oc3ccc(F)cc3)cc2)n1.O=C(O)C(F)(F)F. The second-order valence-corrected chi connectivity index (χ2v) is 7.04. The lowest BCUT2D eigenvalue weighted by molar-refractivity contribution is -0.192. The molecule has 0 radical (unpaired) electrons. The fraction of sp³-hybridized carbons (Fsp3) is 0.174. The molecule has 0 aliphatic heterocycles. The molecule has 2 aromatic carbocycles. The quantitative estimate of drug-likeness (QED) is 0.300. The third-order valence-corrected chi connectivity index (χ3v) is 4.27. The molecule has 0 saturated heterocycles. The number of hydrogen-bond donors (Lipinski definition) is 3. The second kappa shape index (κ2) is 12.3. The van der Waals surface area contributed by atoms with Crippen LogP contribution in [0.2, 0.25) is 0 Å². The van der Waals surface area contributed by atoms with Crippen molar-refractivity contribution in [3.8, 4) is 22.9 Å². The predicted molar refractivity (Wildman–Crippen MR) is 120 cm³/mol. The summed E-state index contributed by atoms with van der Waals surface area (Å²) in [4.78, 5) is 40.3. The first kappa shape index (κ1) is 28.5. The number of aliphatic carboxylic acids is 1. The van der Waals surface area contributed by atoms with Gasteiger partial charge in [0.1, 0.15) is 29.2 Å². The van der Waals surface area contributed by atoms with Gasteiger partial charge in [0.15, 0.2) is 11.5 Å². The number of alkyl halides is 3. The van der Waals surface area contributed by atoms with Crippen molar-refractivity contribution in [1.29, 1.82) is 0 Å². The van der Waals surface area contributed by atoms with E-state index in [1.54, 1.807) is 31.2 Å². The molecular weight excluding hydrogens is 506 g/mol. The fourth-order valence-electron chi connectivity index (χ4n) is 2.53. The largest absolute Gasteiger partial charge is 0.490 e. The van der Waals surface area contributed by atoms with Gasteiger partial charge in [0.25, 0.3) is 0 Å². The number of methoxy groups -OCH3 is 1. The standard InChI is InChI=1S/C21H18FN3O5.C2HF3O2/c1-12(21(28)29-2)23-18-11-17(20(26)27)24-19(25-18)13-3-7-15(8-4-13)30-16-9-5-14(22)6-10-16;3-2(4,5)1(6)7/h3-12H,1-2H3,(H,26,27)(H,23,24,25);(H,6,7). The highest BCUT2D eigenvalue weighted by Crippen LogP contribution is 2.25. The number of carboxylic acids is 2. The van der Waals surface area contributed by atoms with E-state index in [1.807, 2.05) is 0 Å². The van der Waals surface area contributed by atoms with Gasteiger partial charge in [-0.05, 0) is 55.5 Å². The summed E-state index contributed by atoms with van der Waals surface area (Å²) in [7, 11) is 1.25. The third kappa shape index (κ3) is 8.76. The van der Waals surface area contributed by atoms with Gasteiger partial charge in [0.05, 0.1) is 7.11 Å². The van der Waals surface area contributed by atoms with Crippen LogP contribution < -0.4 is 10.1 Å². The minimum atomic E-state index is -5.08. The molecule has 10 nitrogen and oxygen atoms in total. The van der Waals surface area contributed by atoms with E-state index < -0.39 is 30.1 Å². The molecule has 0 spiro atoms. The van der Waals surface area contributed by atoms with Crippen molar-refractivity contribution >= 4 is 23.7 Å². The fourth-order valence-corrected chi connectivity index (χ4v) is 2.53. The van der Waals surface area contributed by atoms with E-state index in [4.69, 9.17) is 14.6 Å². The molecule has 0 saturated carbocycles. The van der Waals surface area contributed by atoms with E-state index in [0.29, 0.717) is 17.1 Å². The van der Waals surface area contributed by atoms with Crippen molar-refractivity contribution in [2.75, 3.05) is 12.4 Å². The Morgan fingerprint density at radius 3 is 1.92 bits per heavy atom. The van der Waals surface area contributed by atoms with E-state index in [0.717, 1.165) is 0 Å². The Hall–Kier alpha value is -4.75. The zero-order valence-corrected chi connectivity index (χ0v) is 19.1. The maximum Gasteiger partial charge on any atom is 0.490 e. The molecule has 1 heterocycles. The number of nitrogens with zero attached hydrogens (tertiary/aromatic N) is 2. The molecule has 0 fully saturated rings. The molecule has 37 heavy (non-hydrogen) atoms. The smallest absolute Gasteiger partial charge is 0.477 e. The molecular formula is C23H19F4N3O7. The van der Waals surface area contributed by atoms with Crippen LogP contribution in [0.3, 0.4) is 0 Å². The van der Waals surface area contributed by atoms with Crippen LogP contribution in [-0.4, -0.2) is 57.4 Å². The van der Waals surface area contributed by atoms with E-state index in [-0.39, 0.29) is 23.2 Å². The maximum atomic E-state index is 13.0. The molecule has 0 amide bonds. The summed E-state index contributed by atoms with van der Waals surface area (Å²) in [5.74, 6) is -3.58. The Kier molecular flexibility index (Phi) is 9.46. The van der Waals surface area contributed by atoms with Crippen molar-refractivity contribution in [3.63, 3.8) is 0 Å². The summed E-state index contributed by atoms with van der Waals surface area (Å²) in [6.07, 6.45) is -5.08. The third-order valence-electron chi connectivity index (χ3n) is 4.27. The molecule has 3 aromatic rings. The number of hydrogen-bond acceptors (Lipinski definition) is 8. The van der Waals surface area contributed by atoms with Gasteiger partial charge < -0.3 is 25.0 Å². The number of aromatic carboxylic acids is 1. The zero-order chi connectivity index (χ0) is 27.8. The van der Waals surface area contributed by atoms with Gasteiger partial charge in [-0.15, -0.1) is 0 Å². The number of rotatable bonds is 7. The van der Waals surface area contributed by atoms with Crippen LogP contribution in [0.25, 0.3) is 11.4 Å². The van der Waals surface area contributed by atoms with Crippen LogP contribution in [0.5, 0.6) is 11.5 Å². The van der Waals surface area contributed by atoms with Gasteiger partial charge in [-0.1, -0.05) is 0 Å². The van der Waals surface area contributed by atoms with Gasteiger partial charge in [-0.25, -0.2) is 28.7 Å². The number of anilines is 1. The Morgan fingerprint density at radius 1 is 0.946 bits per heavy atom. The molecule has 0 aliphatic rings. The number of carbonyl (C=O) groups excluding carboxylic acids is 1. The number of benzene rings is 2. The highest BCUT2D eigenvalue weighted by Gasteiger charge is 2.38. The number of carbonyl (C=O) groups is 3. The number of esters is 1. The molecule has 0 bridgehead atoms. The lowest BCUT2D eigenvalue weighted by atomic mass is 10.2. The minimum absolute atomic E-state index is 0.155. The van der Waals surface area contributed by atoms with E-state index >= 15 is 0 Å². The van der Waals surface area contributed by atoms with Crippen molar-refractivity contribution in [3.05, 3.63) is 66.1 Å². The van der Waals surface area contributed by atoms with Crippen molar-refractivity contribution in [2.24, 2.45) is 0 Å². The number of ether oxygens (including phenoxy) is 2. The molecule has 1 atom stereocenters. The highest BCUT2D eigenvalue weighted by molar-refractivity contribution is 5.87. The van der Waals surface area contributed by atoms with Crippen LogP contribution in [0.15, 0.2) is 54.6 Å².